The molecule has 0 fully saturated rings. The topological polar surface area (TPSA) is 72.6 Å². The highest BCUT2D eigenvalue weighted by atomic mass is 16.5. The van der Waals surface area contributed by atoms with Gasteiger partial charge in [-0.05, 0) is 18.0 Å². The first-order valence-corrected chi connectivity index (χ1v) is 7.19. The molecular weight excluding hydrogens is 268 g/mol. The van der Waals surface area contributed by atoms with Gasteiger partial charge in [0, 0.05) is 13.0 Å². The molecule has 0 spiro atoms. The van der Waals surface area contributed by atoms with E-state index < -0.39 is 5.97 Å². The Hall–Kier alpha value is -1.88. The summed E-state index contributed by atoms with van der Waals surface area (Å²) in [6.07, 6.45) is 1.20. The molecule has 1 atom stereocenters. The Morgan fingerprint density at radius 2 is 1.95 bits per heavy atom. The van der Waals surface area contributed by atoms with E-state index in [1.807, 2.05) is 37.3 Å². The third-order valence-corrected chi connectivity index (χ3v) is 3.49. The van der Waals surface area contributed by atoms with E-state index in [0.717, 1.165) is 12.0 Å². The van der Waals surface area contributed by atoms with Gasteiger partial charge in [-0.25, -0.2) is 0 Å². The van der Waals surface area contributed by atoms with E-state index in [9.17, 15) is 9.59 Å². The summed E-state index contributed by atoms with van der Waals surface area (Å²) in [6, 6.07) is 9.59. The van der Waals surface area contributed by atoms with Crippen LogP contribution in [0.3, 0.4) is 0 Å². The second-order valence-electron chi connectivity index (χ2n) is 5.03. The van der Waals surface area contributed by atoms with Crippen molar-refractivity contribution in [1.29, 1.82) is 0 Å². The van der Waals surface area contributed by atoms with E-state index in [-0.39, 0.29) is 18.4 Å². The van der Waals surface area contributed by atoms with Crippen molar-refractivity contribution >= 4 is 11.9 Å². The van der Waals surface area contributed by atoms with Gasteiger partial charge in [0.25, 0.3) is 0 Å². The average Bonchev–Trinajstić information content (AvgIpc) is 2.52. The van der Waals surface area contributed by atoms with Crippen LogP contribution in [0.2, 0.25) is 0 Å². The summed E-state index contributed by atoms with van der Waals surface area (Å²) in [5.41, 5.74) is 6.63. The highest BCUT2D eigenvalue weighted by Gasteiger charge is 2.20. The van der Waals surface area contributed by atoms with Crippen molar-refractivity contribution in [3.8, 4) is 0 Å². The van der Waals surface area contributed by atoms with Crippen LogP contribution in [0.4, 0.5) is 0 Å². The number of carbonyl (C=O) groups excluding carboxylic acids is 2. The molecule has 0 aliphatic heterocycles. The third-order valence-electron chi connectivity index (χ3n) is 3.49. The van der Waals surface area contributed by atoms with E-state index in [0.29, 0.717) is 19.5 Å². The van der Waals surface area contributed by atoms with Crippen LogP contribution in [-0.4, -0.2) is 37.0 Å². The lowest BCUT2D eigenvalue weighted by molar-refractivity contribution is -0.147. The number of ether oxygens (including phenoxy) is 1. The largest absolute Gasteiger partial charge is 0.468 e. The van der Waals surface area contributed by atoms with Crippen LogP contribution in [0.1, 0.15) is 25.3 Å². The normalized spacial score (nSPS) is 11.8. The van der Waals surface area contributed by atoms with Gasteiger partial charge in [0.1, 0.15) is 6.54 Å². The fourth-order valence-corrected chi connectivity index (χ4v) is 2.03. The van der Waals surface area contributed by atoms with Crippen LogP contribution >= 0.6 is 0 Å². The lowest BCUT2D eigenvalue weighted by atomic mass is 10.0. The number of hydrogen-bond acceptors (Lipinski definition) is 4. The molecule has 1 unspecified atom stereocenters. The van der Waals surface area contributed by atoms with Gasteiger partial charge in [-0.15, -0.1) is 0 Å². The molecule has 0 bridgehead atoms. The summed E-state index contributed by atoms with van der Waals surface area (Å²) in [4.78, 5) is 25.4. The molecule has 5 nitrogen and oxygen atoms in total. The number of esters is 1. The third kappa shape index (κ3) is 5.95. The van der Waals surface area contributed by atoms with E-state index >= 15 is 0 Å². The summed E-state index contributed by atoms with van der Waals surface area (Å²) in [5, 5.41) is 0. The monoisotopic (exact) mass is 292 g/mol. The molecule has 0 aromatic heterocycles. The number of nitrogens with two attached hydrogens (primary N) is 1. The second kappa shape index (κ2) is 9.13. The van der Waals surface area contributed by atoms with Gasteiger partial charge < -0.3 is 15.4 Å². The molecule has 1 aromatic rings. The molecule has 0 saturated heterocycles. The Kier molecular flexibility index (Phi) is 7.46. The van der Waals surface area contributed by atoms with Crippen LogP contribution < -0.4 is 5.73 Å². The molecule has 0 aliphatic carbocycles. The quantitative estimate of drug-likeness (QED) is 0.738. The van der Waals surface area contributed by atoms with Crippen LogP contribution in [0.15, 0.2) is 30.3 Å². The molecular formula is C16H24N2O3. The van der Waals surface area contributed by atoms with Crippen LogP contribution in [0.5, 0.6) is 0 Å². The zero-order valence-electron chi connectivity index (χ0n) is 12.7. The summed E-state index contributed by atoms with van der Waals surface area (Å²) in [6.45, 7) is 2.84. The summed E-state index contributed by atoms with van der Waals surface area (Å²) in [7, 11) is 1.32. The van der Waals surface area contributed by atoms with Crippen molar-refractivity contribution in [3.63, 3.8) is 0 Å². The highest BCUT2D eigenvalue weighted by molar-refractivity contribution is 5.82. The van der Waals surface area contributed by atoms with Gasteiger partial charge in [-0.1, -0.05) is 43.7 Å². The molecule has 1 rings (SSSR count). The SMILES string of the molecule is CCC(CN)CC(=O)N(CC(=O)OC)Cc1ccccc1. The standard InChI is InChI=1S/C16H24N2O3/c1-3-13(10-17)9-15(19)18(12-16(20)21-2)11-14-7-5-4-6-8-14/h4-8,13H,3,9-12,17H2,1-2H3. The Balaban J connectivity index is 2.76. The first kappa shape index (κ1) is 17.2. The number of nitrogens with zero attached hydrogens (tertiary/aromatic N) is 1. The van der Waals surface area contributed by atoms with Crippen molar-refractivity contribution in [2.75, 3.05) is 20.2 Å². The number of amides is 1. The Morgan fingerprint density at radius 1 is 1.29 bits per heavy atom. The minimum Gasteiger partial charge on any atom is -0.468 e. The van der Waals surface area contributed by atoms with E-state index in [1.165, 1.54) is 12.0 Å². The van der Waals surface area contributed by atoms with E-state index in [1.54, 1.807) is 0 Å². The van der Waals surface area contributed by atoms with Crippen molar-refractivity contribution in [3.05, 3.63) is 35.9 Å². The molecule has 0 saturated carbocycles. The molecule has 21 heavy (non-hydrogen) atoms. The smallest absolute Gasteiger partial charge is 0.325 e. The Labute approximate surface area is 126 Å². The van der Waals surface area contributed by atoms with Gasteiger partial charge in [0.05, 0.1) is 7.11 Å². The zero-order chi connectivity index (χ0) is 15.7. The fourth-order valence-electron chi connectivity index (χ4n) is 2.03. The van der Waals surface area contributed by atoms with Gasteiger partial charge in [-0.2, -0.15) is 0 Å². The van der Waals surface area contributed by atoms with Gasteiger partial charge in [0.15, 0.2) is 0 Å². The minimum absolute atomic E-state index is 0.0365. The van der Waals surface area contributed by atoms with Crippen molar-refractivity contribution in [2.24, 2.45) is 11.7 Å². The first-order chi connectivity index (χ1) is 10.1. The fraction of sp³-hybridized carbons (Fsp3) is 0.500. The van der Waals surface area contributed by atoms with Crippen molar-refractivity contribution in [1.82, 2.24) is 4.90 Å². The number of carbonyl (C=O) groups is 2. The van der Waals surface area contributed by atoms with Crippen molar-refractivity contribution < 1.29 is 14.3 Å². The predicted molar refractivity (Wildman–Crippen MR) is 81.3 cm³/mol. The average molecular weight is 292 g/mol. The molecule has 0 aliphatic rings. The van der Waals surface area contributed by atoms with Gasteiger partial charge in [-0.3, -0.25) is 9.59 Å². The first-order valence-electron chi connectivity index (χ1n) is 7.19. The molecule has 0 heterocycles. The minimum atomic E-state index is -0.417. The molecule has 116 valence electrons. The maximum absolute atomic E-state index is 12.4. The Bertz CT molecular complexity index is 444. The van der Waals surface area contributed by atoms with Crippen molar-refractivity contribution in [2.45, 2.75) is 26.3 Å². The predicted octanol–water partition coefficient (Wildman–Crippen LogP) is 1.56. The lowest BCUT2D eigenvalue weighted by Crippen LogP contribution is -2.37. The zero-order valence-corrected chi connectivity index (χ0v) is 12.7. The number of hydrogen-bond donors (Lipinski definition) is 1. The molecule has 5 heteroatoms. The highest BCUT2D eigenvalue weighted by Crippen LogP contribution is 2.12. The second-order valence-corrected chi connectivity index (χ2v) is 5.03. The number of benzene rings is 1. The molecule has 1 amide bonds. The van der Waals surface area contributed by atoms with Gasteiger partial charge in [0.2, 0.25) is 5.91 Å². The summed E-state index contributed by atoms with van der Waals surface area (Å²) in [5.74, 6) is -0.338. The maximum atomic E-state index is 12.4. The summed E-state index contributed by atoms with van der Waals surface area (Å²) >= 11 is 0. The molecule has 0 radical (unpaired) electrons. The van der Waals surface area contributed by atoms with Gasteiger partial charge >= 0.3 is 5.97 Å². The van der Waals surface area contributed by atoms with E-state index in [4.69, 9.17) is 5.73 Å². The number of rotatable bonds is 8. The van der Waals surface area contributed by atoms with Crippen LogP contribution in [-0.2, 0) is 20.9 Å². The maximum Gasteiger partial charge on any atom is 0.325 e. The molecule has 1 aromatic carbocycles. The lowest BCUT2D eigenvalue weighted by Gasteiger charge is -2.23. The molecule has 2 N–H and O–H groups in total. The number of methoxy groups -OCH3 is 1. The van der Waals surface area contributed by atoms with Crippen LogP contribution in [0, 0.1) is 5.92 Å². The Morgan fingerprint density at radius 3 is 2.48 bits per heavy atom. The van der Waals surface area contributed by atoms with Crippen LogP contribution in [0.25, 0.3) is 0 Å². The van der Waals surface area contributed by atoms with E-state index in [2.05, 4.69) is 4.74 Å². The summed E-state index contributed by atoms with van der Waals surface area (Å²) < 4.78 is 4.67.